The van der Waals surface area contributed by atoms with Crippen LogP contribution >= 0.6 is 11.6 Å². The van der Waals surface area contributed by atoms with Crippen LogP contribution in [0.3, 0.4) is 0 Å². The lowest BCUT2D eigenvalue weighted by atomic mass is 10.1. The third-order valence-electron chi connectivity index (χ3n) is 1.89. The Morgan fingerprint density at radius 1 is 1.50 bits per heavy atom. The highest BCUT2D eigenvalue weighted by Crippen LogP contribution is 2.00. The summed E-state index contributed by atoms with van der Waals surface area (Å²) < 4.78 is 5.03. The first kappa shape index (κ1) is 12.2. The lowest BCUT2D eigenvalue weighted by molar-refractivity contribution is 0.165. The molecule has 0 fully saturated rings. The van der Waals surface area contributed by atoms with Gasteiger partial charge in [0.1, 0.15) is 0 Å². The van der Waals surface area contributed by atoms with Crippen molar-refractivity contribution in [3.8, 4) is 0 Å². The number of ether oxygens (including phenoxy) is 1. The number of alkyl halides is 1. The Morgan fingerprint density at radius 3 is 2.58 bits per heavy atom. The van der Waals surface area contributed by atoms with Crippen LogP contribution < -0.4 is 5.32 Å². The maximum Gasteiger partial charge on any atom is 0.0613 e. The lowest BCUT2D eigenvalue weighted by Crippen LogP contribution is -2.38. The summed E-state index contributed by atoms with van der Waals surface area (Å²) in [7, 11) is 1.72. The summed E-state index contributed by atoms with van der Waals surface area (Å²) in [5.41, 5.74) is 0. The zero-order valence-electron chi connectivity index (χ0n) is 8.27. The summed E-state index contributed by atoms with van der Waals surface area (Å²) in [5.74, 6) is 0.727. The molecule has 0 amide bonds. The molecule has 74 valence electrons. The molecule has 1 N–H and O–H groups in total. The Balaban J connectivity index is 3.53. The van der Waals surface area contributed by atoms with E-state index in [-0.39, 0.29) is 0 Å². The molecule has 0 rings (SSSR count). The number of hydrogen-bond donors (Lipinski definition) is 1. The van der Waals surface area contributed by atoms with Crippen LogP contribution in [0.5, 0.6) is 0 Å². The number of hydrogen-bond acceptors (Lipinski definition) is 2. The number of nitrogens with one attached hydrogen (secondary N) is 1. The Bertz CT molecular complexity index is 101. The quantitative estimate of drug-likeness (QED) is 0.625. The first-order chi connectivity index (χ1) is 5.74. The van der Waals surface area contributed by atoms with Crippen LogP contribution in [0, 0.1) is 0 Å². The SMILES string of the molecule is CCC(CCCl)NC(C)COC. The van der Waals surface area contributed by atoms with E-state index < -0.39 is 0 Å². The molecule has 0 aliphatic heterocycles. The minimum absolute atomic E-state index is 0.420. The van der Waals surface area contributed by atoms with Gasteiger partial charge in [-0.2, -0.15) is 0 Å². The van der Waals surface area contributed by atoms with Crippen molar-refractivity contribution in [1.29, 1.82) is 0 Å². The van der Waals surface area contributed by atoms with Crippen LogP contribution in [0.25, 0.3) is 0 Å². The molecule has 0 saturated heterocycles. The topological polar surface area (TPSA) is 21.3 Å². The van der Waals surface area contributed by atoms with Gasteiger partial charge < -0.3 is 10.1 Å². The minimum Gasteiger partial charge on any atom is -0.383 e. The Labute approximate surface area is 80.6 Å². The Morgan fingerprint density at radius 2 is 2.17 bits per heavy atom. The summed E-state index contributed by atoms with van der Waals surface area (Å²) in [6, 6.07) is 0.954. The summed E-state index contributed by atoms with van der Waals surface area (Å²) in [4.78, 5) is 0. The maximum atomic E-state index is 5.66. The largest absolute Gasteiger partial charge is 0.383 e. The molecule has 0 bridgehead atoms. The second kappa shape index (κ2) is 7.84. The molecular weight excluding hydrogens is 174 g/mol. The van der Waals surface area contributed by atoms with E-state index >= 15 is 0 Å². The van der Waals surface area contributed by atoms with Crippen LogP contribution in [0.15, 0.2) is 0 Å². The van der Waals surface area contributed by atoms with Gasteiger partial charge in [-0.3, -0.25) is 0 Å². The van der Waals surface area contributed by atoms with Crippen molar-refractivity contribution in [3.63, 3.8) is 0 Å². The summed E-state index contributed by atoms with van der Waals surface area (Å²) >= 11 is 5.66. The van der Waals surface area contributed by atoms with Crippen molar-refractivity contribution in [3.05, 3.63) is 0 Å². The van der Waals surface area contributed by atoms with Crippen molar-refractivity contribution in [1.82, 2.24) is 5.32 Å². The van der Waals surface area contributed by atoms with E-state index in [9.17, 15) is 0 Å². The van der Waals surface area contributed by atoms with Crippen molar-refractivity contribution >= 4 is 11.6 Å². The van der Waals surface area contributed by atoms with Crippen molar-refractivity contribution in [2.24, 2.45) is 0 Å². The Kier molecular flexibility index (Phi) is 7.98. The molecule has 12 heavy (non-hydrogen) atoms. The van der Waals surface area contributed by atoms with Gasteiger partial charge in [-0.15, -0.1) is 11.6 Å². The van der Waals surface area contributed by atoms with E-state index in [0.29, 0.717) is 12.1 Å². The third kappa shape index (κ3) is 5.81. The van der Waals surface area contributed by atoms with E-state index in [1.54, 1.807) is 7.11 Å². The average Bonchev–Trinajstić information content (AvgIpc) is 2.04. The molecule has 2 unspecified atom stereocenters. The summed E-state index contributed by atoms with van der Waals surface area (Å²) in [6.45, 7) is 5.06. The molecule has 0 saturated carbocycles. The highest BCUT2D eigenvalue weighted by Gasteiger charge is 2.08. The van der Waals surface area contributed by atoms with Gasteiger partial charge in [-0.1, -0.05) is 6.92 Å². The van der Waals surface area contributed by atoms with Gasteiger partial charge in [-0.05, 0) is 19.8 Å². The predicted octanol–water partition coefficient (Wildman–Crippen LogP) is 2.02. The zero-order valence-corrected chi connectivity index (χ0v) is 9.03. The molecular formula is C9H20ClNO. The molecule has 2 atom stereocenters. The van der Waals surface area contributed by atoms with Crippen LogP contribution in [0.1, 0.15) is 26.7 Å². The van der Waals surface area contributed by atoms with E-state index in [1.165, 1.54) is 0 Å². The lowest BCUT2D eigenvalue weighted by Gasteiger charge is -2.20. The second-order valence-electron chi connectivity index (χ2n) is 3.11. The molecule has 0 aliphatic carbocycles. The van der Waals surface area contributed by atoms with Gasteiger partial charge >= 0.3 is 0 Å². The smallest absolute Gasteiger partial charge is 0.0613 e. The monoisotopic (exact) mass is 193 g/mol. The molecule has 0 spiro atoms. The van der Waals surface area contributed by atoms with Gasteiger partial charge in [-0.25, -0.2) is 0 Å². The normalized spacial score (nSPS) is 16.0. The predicted molar refractivity (Wildman–Crippen MR) is 53.9 cm³/mol. The van der Waals surface area contributed by atoms with E-state index in [0.717, 1.165) is 25.3 Å². The van der Waals surface area contributed by atoms with E-state index in [1.807, 2.05) is 0 Å². The molecule has 3 heteroatoms. The first-order valence-corrected chi connectivity index (χ1v) is 5.09. The highest BCUT2D eigenvalue weighted by atomic mass is 35.5. The fourth-order valence-corrected chi connectivity index (χ4v) is 1.50. The first-order valence-electron chi connectivity index (χ1n) is 4.55. The maximum absolute atomic E-state index is 5.66. The average molecular weight is 194 g/mol. The van der Waals surface area contributed by atoms with Gasteiger partial charge in [0, 0.05) is 25.1 Å². The molecule has 0 aliphatic rings. The molecule has 2 nitrogen and oxygen atoms in total. The van der Waals surface area contributed by atoms with Gasteiger partial charge in [0.15, 0.2) is 0 Å². The number of methoxy groups -OCH3 is 1. The van der Waals surface area contributed by atoms with Crippen LogP contribution in [0.4, 0.5) is 0 Å². The molecule has 0 radical (unpaired) electrons. The highest BCUT2D eigenvalue weighted by molar-refractivity contribution is 6.17. The summed E-state index contributed by atoms with van der Waals surface area (Å²) in [6.07, 6.45) is 2.16. The fraction of sp³-hybridized carbons (Fsp3) is 1.00. The van der Waals surface area contributed by atoms with Gasteiger partial charge in [0.25, 0.3) is 0 Å². The second-order valence-corrected chi connectivity index (χ2v) is 3.48. The van der Waals surface area contributed by atoms with Crippen molar-refractivity contribution in [2.75, 3.05) is 19.6 Å². The minimum atomic E-state index is 0.420. The molecule has 0 aromatic heterocycles. The van der Waals surface area contributed by atoms with Crippen LogP contribution in [0.2, 0.25) is 0 Å². The molecule has 0 heterocycles. The van der Waals surface area contributed by atoms with Crippen molar-refractivity contribution < 1.29 is 4.74 Å². The van der Waals surface area contributed by atoms with Gasteiger partial charge in [0.2, 0.25) is 0 Å². The van der Waals surface area contributed by atoms with Crippen LogP contribution in [-0.2, 0) is 4.74 Å². The van der Waals surface area contributed by atoms with Crippen molar-refractivity contribution in [2.45, 2.75) is 38.8 Å². The number of halogens is 1. The number of rotatable bonds is 7. The zero-order chi connectivity index (χ0) is 9.40. The summed E-state index contributed by atoms with van der Waals surface area (Å²) in [5, 5.41) is 3.46. The van der Waals surface area contributed by atoms with E-state index in [4.69, 9.17) is 16.3 Å². The van der Waals surface area contributed by atoms with Gasteiger partial charge in [0.05, 0.1) is 6.61 Å². The Hall–Kier alpha value is 0.210. The standard InChI is InChI=1S/C9H20ClNO/c1-4-9(5-6-10)11-8(2)7-12-3/h8-9,11H,4-7H2,1-3H3. The molecule has 0 aromatic carbocycles. The fourth-order valence-electron chi connectivity index (χ4n) is 1.24. The third-order valence-corrected chi connectivity index (χ3v) is 2.11. The van der Waals surface area contributed by atoms with E-state index in [2.05, 4.69) is 19.2 Å². The molecule has 0 aromatic rings. The van der Waals surface area contributed by atoms with Crippen LogP contribution in [-0.4, -0.2) is 31.7 Å².